The summed E-state index contributed by atoms with van der Waals surface area (Å²) in [6.45, 7) is 1.63. The molecule has 1 fully saturated rings. The van der Waals surface area contributed by atoms with Gasteiger partial charge in [-0.25, -0.2) is 8.78 Å². The van der Waals surface area contributed by atoms with E-state index in [1.165, 1.54) is 47.2 Å². The number of carbonyl (C=O) groups is 1. The largest absolute Gasteiger partial charge is 0.433 e. The fraction of sp³-hybridized carbons (Fsp3) is 0.258. The van der Waals surface area contributed by atoms with Crippen LogP contribution in [-0.2, 0) is 12.7 Å². The lowest BCUT2D eigenvalue weighted by molar-refractivity contribution is -0.140. The van der Waals surface area contributed by atoms with Crippen LogP contribution in [0.2, 0.25) is 0 Å². The van der Waals surface area contributed by atoms with Crippen molar-refractivity contribution < 1.29 is 26.7 Å². The first-order valence-corrected chi connectivity index (χ1v) is 12.9. The van der Waals surface area contributed by atoms with Crippen LogP contribution >= 0.6 is 0 Å². The summed E-state index contributed by atoms with van der Waals surface area (Å²) in [6, 6.07) is 14.6. The first-order valence-electron chi connectivity index (χ1n) is 12.9. The van der Waals surface area contributed by atoms with Crippen LogP contribution in [0.25, 0.3) is 11.1 Å². The highest BCUT2D eigenvalue weighted by molar-refractivity contribution is 5.98. The molecule has 1 N–H and O–H groups in total. The molecule has 0 spiro atoms. The Labute approximate surface area is 227 Å². The summed E-state index contributed by atoms with van der Waals surface area (Å²) in [5.41, 5.74) is 0.460. The Morgan fingerprint density at radius 2 is 1.82 bits per heavy atom. The third kappa shape index (κ3) is 5.88. The Bertz CT molecular complexity index is 1640. The number of rotatable bonds is 8. The van der Waals surface area contributed by atoms with Crippen LogP contribution in [0.15, 0.2) is 73.1 Å². The van der Waals surface area contributed by atoms with E-state index in [0.29, 0.717) is 11.1 Å². The molecule has 40 heavy (non-hydrogen) atoms. The number of ketones is 1. The van der Waals surface area contributed by atoms with Crippen LogP contribution < -0.4 is 5.49 Å². The molecule has 0 amide bonds. The van der Waals surface area contributed by atoms with Crippen molar-refractivity contribution in [3.63, 3.8) is 0 Å². The Morgan fingerprint density at radius 1 is 1.05 bits per heavy atom. The highest BCUT2D eigenvalue weighted by atomic mass is 19.4. The minimum atomic E-state index is -4.72. The number of alkyl halides is 3. The number of aryl methyl sites for hydroxylation is 1. The summed E-state index contributed by atoms with van der Waals surface area (Å²) in [6.07, 6.45) is -0.193. The maximum atomic E-state index is 14.0. The Kier molecular flexibility index (Phi) is 7.40. The van der Waals surface area contributed by atoms with Crippen LogP contribution in [0, 0.1) is 29.9 Å². The molecular weight excluding hydrogens is 525 g/mol. The van der Waals surface area contributed by atoms with E-state index in [9.17, 15) is 26.7 Å². The summed E-state index contributed by atoms with van der Waals surface area (Å²) in [4.78, 5) is 17.2. The average molecular weight is 552 g/mol. The van der Waals surface area contributed by atoms with E-state index in [4.69, 9.17) is 5.41 Å². The number of pyridine rings is 2. The van der Waals surface area contributed by atoms with Gasteiger partial charge in [-0.3, -0.25) is 15.2 Å². The predicted octanol–water partition coefficient (Wildman–Crippen LogP) is 7.45. The van der Waals surface area contributed by atoms with Crippen molar-refractivity contribution in [3.05, 3.63) is 118 Å². The minimum Gasteiger partial charge on any atom is -0.327 e. The topological polar surface area (TPSA) is 58.7 Å². The van der Waals surface area contributed by atoms with Crippen LogP contribution in [-0.4, -0.2) is 15.3 Å². The molecule has 2 heterocycles. The van der Waals surface area contributed by atoms with Gasteiger partial charge in [-0.05, 0) is 96.3 Å². The number of nitrogens with one attached hydrogen (secondary N) is 1. The number of aromatic nitrogens is 2. The standard InChI is InChI=1S/C31H26F5N3O/c1-18-12-21(8-9-26(18)32)25(20-6-7-20)16-28(40)23-14-19(17-39-11-3-5-27(33)30(39)37)13-22(15-23)24-4-2-10-38-29(24)31(34,35)36/h2-5,8-15,20,25,37H,6-7,16-17H2,1H3/t25-/m0/s1. The lowest BCUT2D eigenvalue weighted by Crippen LogP contribution is -2.23. The number of halogens is 5. The molecule has 0 radical (unpaired) electrons. The van der Waals surface area contributed by atoms with E-state index in [0.717, 1.165) is 30.7 Å². The van der Waals surface area contributed by atoms with Gasteiger partial charge in [-0.2, -0.15) is 13.2 Å². The molecule has 206 valence electrons. The Hall–Kier alpha value is -4.14. The van der Waals surface area contributed by atoms with Crippen molar-refractivity contribution in [1.82, 2.24) is 9.55 Å². The van der Waals surface area contributed by atoms with Gasteiger partial charge in [0.25, 0.3) is 0 Å². The molecule has 0 aliphatic heterocycles. The minimum absolute atomic E-state index is 0.0322. The molecule has 0 saturated heterocycles. The number of Topliss-reactive ketones (excluding diaryl/α,β-unsaturated/α-hetero) is 1. The number of carbonyl (C=O) groups excluding carboxylic acids is 1. The molecule has 1 saturated carbocycles. The molecule has 2 aromatic carbocycles. The lowest BCUT2D eigenvalue weighted by atomic mass is 9.86. The zero-order valence-corrected chi connectivity index (χ0v) is 21.6. The number of hydrogen-bond acceptors (Lipinski definition) is 3. The molecule has 5 rings (SSSR count). The van der Waals surface area contributed by atoms with Crippen molar-refractivity contribution in [2.75, 3.05) is 0 Å². The Balaban J connectivity index is 1.57. The highest BCUT2D eigenvalue weighted by Gasteiger charge is 2.36. The van der Waals surface area contributed by atoms with E-state index in [1.54, 1.807) is 25.1 Å². The highest BCUT2D eigenvalue weighted by Crippen LogP contribution is 2.45. The van der Waals surface area contributed by atoms with Gasteiger partial charge in [0.15, 0.2) is 22.8 Å². The van der Waals surface area contributed by atoms with Gasteiger partial charge >= 0.3 is 6.18 Å². The molecule has 0 unspecified atom stereocenters. The molecule has 9 heteroatoms. The first-order chi connectivity index (χ1) is 19.0. The van der Waals surface area contributed by atoms with Crippen LogP contribution in [0.4, 0.5) is 22.0 Å². The molecule has 4 nitrogen and oxygen atoms in total. The van der Waals surface area contributed by atoms with E-state index in [1.807, 2.05) is 0 Å². The third-order valence-electron chi connectivity index (χ3n) is 7.28. The first kappa shape index (κ1) is 27.4. The fourth-order valence-corrected chi connectivity index (χ4v) is 5.09. The number of nitrogens with zero attached hydrogens (tertiary/aromatic N) is 2. The number of benzene rings is 2. The van der Waals surface area contributed by atoms with E-state index >= 15 is 0 Å². The molecular formula is C31H26F5N3O. The Morgan fingerprint density at radius 3 is 2.52 bits per heavy atom. The molecule has 1 atom stereocenters. The maximum Gasteiger partial charge on any atom is 0.433 e. The second-order valence-electron chi connectivity index (χ2n) is 10.2. The maximum absolute atomic E-state index is 14.0. The number of hydrogen-bond donors (Lipinski definition) is 1. The fourth-order valence-electron chi connectivity index (χ4n) is 5.09. The quantitative estimate of drug-likeness (QED) is 0.183. The zero-order chi connectivity index (χ0) is 28.6. The summed E-state index contributed by atoms with van der Waals surface area (Å²) >= 11 is 0. The lowest BCUT2D eigenvalue weighted by Gasteiger charge is -2.18. The van der Waals surface area contributed by atoms with Crippen LogP contribution in [0.1, 0.15) is 57.9 Å². The van der Waals surface area contributed by atoms with Gasteiger partial charge < -0.3 is 4.57 Å². The van der Waals surface area contributed by atoms with Gasteiger partial charge in [-0.15, -0.1) is 0 Å². The summed E-state index contributed by atoms with van der Waals surface area (Å²) < 4.78 is 70.7. The van der Waals surface area contributed by atoms with Gasteiger partial charge in [0.05, 0.1) is 0 Å². The van der Waals surface area contributed by atoms with E-state index in [2.05, 4.69) is 4.98 Å². The van der Waals surface area contributed by atoms with Gasteiger partial charge in [0.2, 0.25) is 0 Å². The van der Waals surface area contributed by atoms with Gasteiger partial charge in [-0.1, -0.05) is 18.2 Å². The van der Waals surface area contributed by atoms with Crippen LogP contribution in [0.5, 0.6) is 0 Å². The predicted molar refractivity (Wildman–Crippen MR) is 140 cm³/mol. The monoisotopic (exact) mass is 551 g/mol. The van der Waals surface area contributed by atoms with Gasteiger partial charge in [0, 0.05) is 36.5 Å². The van der Waals surface area contributed by atoms with Crippen LogP contribution in [0.3, 0.4) is 0 Å². The third-order valence-corrected chi connectivity index (χ3v) is 7.28. The van der Waals surface area contributed by atoms with Crippen molar-refractivity contribution in [2.24, 2.45) is 5.92 Å². The molecule has 1 aliphatic rings. The SMILES string of the molecule is Cc1cc([C@@H](CC(=O)c2cc(Cn3cccc(F)c3=N)cc(-c3cccnc3C(F)(F)F)c2)C2CC2)ccc1F. The van der Waals surface area contributed by atoms with Gasteiger partial charge in [0.1, 0.15) is 5.82 Å². The second kappa shape index (κ2) is 10.8. The molecule has 0 bridgehead atoms. The van der Waals surface area contributed by atoms with E-state index in [-0.39, 0.29) is 53.1 Å². The van der Waals surface area contributed by atoms with Crippen molar-refractivity contribution >= 4 is 5.78 Å². The van der Waals surface area contributed by atoms with E-state index < -0.39 is 23.2 Å². The van der Waals surface area contributed by atoms with Crippen molar-refractivity contribution in [1.29, 1.82) is 5.41 Å². The molecule has 1 aliphatic carbocycles. The average Bonchev–Trinajstić information content (AvgIpc) is 3.76. The second-order valence-corrected chi connectivity index (χ2v) is 10.2. The van der Waals surface area contributed by atoms with Crippen molar-refractivity contribution in [2.45, 2.75) is 44.8 Å². The smallest absolute Gasteiger partial charge is 0.327 e. The summed E-state index contributed by atoms with van der Waals surface area (Å²) in [7, 11) is 0. The van der Waals surface area contributed by atoms with Crippen molar-refractivity contribution in [3.8, 4) is 11.1 Å². The summed E-state index contributed by atoms with van der Waals surface area (Å²) in [5, 5.41) is 8.03. The zero-order valence-electron chi connectivity index (χ0n) is 21.6. The molecule has 2 aromatic heterocycles. The molecule has 4 aromatic rings. The normalized spacial score (nSPS) is 14.2. The summed E-state index contributed by atoms with van der Waals surface area (Å²) in [5.74, 6) is -1.23.